The van der Waals surface area contributed by atoms with Crippen molar-refractivity contribution >= 4 is 23.2 Å². The molecule has 4 aromatic rings. The van der Waals surface area contributed by atoms with Gasteiger partial charge in [0.25, 0.3) is 11.9 Å². The lowest BCUT2D eigenvalue weighted by Crippen LogP contribution is -2.42. The third kappa shape index (κ3) is 3.13. The number of amides is 1. The predicted octanol–water partition coefficient (Wildman–Crippen LogP) is 2.68. The highest BCUT2D eigenvalue weighted by Crippen LogP contribution is 2.50. The Morgan fingerprint density at radius 1 is 1.23 bits per heavy atom. The summed E-state index contributed by atoms with van der Waals surface area (Å²) in [5.41, 5.74) is 3.55. The van der Waals surface area contributed by atoms with Crippen LogP contribution < -0.4 is 5.32 Å². The van der Waals surface area contributed by atoms with Gasteiger partial charge in [-0.15, -0.1) is 0 Å². The van der Waals surface area contributed by atoms with Gasteiger partial charge in [0.2, 0.25) is 5.71 Å². The average molecular weight is 415 g/mol. The summed E-state index contributed by atoms with van der Waals surface area (Å²) in [6.45, 7) is 3.34. The van der Waals surface area contributed by atoms with Crippen LogP contribution in [0.25, 0.3) is 16.9 Å². The molecule has 1 saturated heterocycles. The van der Waals surface area contributed by atoms with Crippen molar-refractivity contribution in [1.29, 1.82) is 0 Å². The molecule has 3 aromatic heterocycles. The highest BCUT2D eigenvalue weighted by molar-refractivity contribution is 5.98. The molecule has 1 aliphatic heterocycles. The smallest absolute Gasteiger partial charge is 0.297 e. The van der Waals surface area contributed by atoms with Crippen LogP contribution in [0.15, 0.2) is 53.3 Å². The van der Waals surface area contributed by atoms with E-state index in [9.17, 15) is 4.79 Å². The minimum atomic E-state index is 0.00855. The minimum Gasteiger partial charge on any atom is -0.404 e. The number of aryl methyl sites for hydroxylation is 1. The van der Waals surface area contributed by atoms with Crippen LogP contribution >= 0.6 is 0 Å². The van der Waals surface area contributed by atoms with Crippen molar-refractivity contribution in [2.45, 2.75) is 19.4 Å². The summed E-state index contributed by atoms with van der Waals surface area (Å²) in [7, 11) is 0. The van der Waals surface area contributed by atoms with Crippen LogP contribution in [0.1, 0.15) is 22.3 Å². The second-order valence-electron chi connectivity index (χ2n) is 8.25. The Balaban J connectivity index is 1.26. The molecule has 2 fully saturated rings. The number of oxazole rings is 1. The summed E-state index contributed by atoms with van der Waals surface area (Å²) in [4.78, 5) is 25.7. The van der Waals surface area contributed by atoms with Gasteiger partial charge < -0.3 is 14.6 Å². The van der Waals surface area contributed by atoms with E-state index in [4.69, 9.17) is 4.42 Å². The molecule has 1 aliphatic carbocycles. The molecule has 156 valence electrons. The van der Waals surface area contributed by atoms with Crippen LogP contribution in [0, 0.1) is 18.8 Å². The van der Waals surface area contributed by atoms with Crippen molar-refractivity contribution < 1.29 is 9.21 Å². The number of pyridine rings is 1. The molecule has 6 rings (SSSR count). The zero-order valence-corrected chi connectivity index (χ0v) is 17.0. The maximum Gasteiger partial charge on any atom is 0.297 e. The highest BCUT2D eigenvalue weighted by Gasteiger charge is 2.54. The lowest BCUT2D eigenvalue weighted by atomic mass is 10.1. The van der Waals surface area contributed by atoms with E-state index < -0.39 is 0 Å². The number of hydrogen-bond acceptors (Lipinski definition) is 7. The normalized spacial score (nSPS) is 22.0. The van der Waals surface area contributed by atoms with Crippen molar-refractivity contribution in [3.63, 3.8) is 0 Å². The van der Waals surface area contributed by atoms with Crippen LogP contribution in [0.3, 0.4) is 0 Å². The Bertz CT molecular complexity index is 1230. The number of anilines is 1. The van der Waals surface area contributed by atoms with E-state index in [2.05, 4.69) is 25.5 Å². The van der Waals surface area contributed by atoms with Gasteiger partial charge >= 0.3 is 0 Å². The molecule has 0 radical (unpaired) electrons. The number of carbonyl (C=O) groups is 1. The van der Waals surface area contributed by atoms with Crippen LogP contribution in [-0.2, 0) is 0 Å². The molecular weight excluding hydrogens is 394 g/mol. The molecule has 0 bridgehead atoms. The Hall–Kier alpha value is -3.75. The number of rotatable bonds is 5. The Kier molecular flexibility index (Phi) is 4.02. The standard InChI is InChI=1S/C22H21N7O2/c1-13-4-5-18(29-25-7-8-26-29)16(9-13)21(30)28-12-14-10-15(14)19(28)11-24-22-27-17-3-2-6-23-20(17)31-22/h2-9,14-15,19H,10-12H2,1H3,(H,24,27)/t14-,15-,19?/m1/s1. The van der Waals surface area contributed by atoms with Gasteiger partial charge in [-0.3, -0.25) is 4.79 Å². The SMILES string of the molecule is Cc1ccc(-n2nccn2)c(C(=O)N2C[C@H]3C[C@H]3C2CNc2nc3cccnc3o2)c1. The average Bonchev–Trinajstić information content (AvgIpc) is 3.17. The Morgan fingerprint density at radius 2 is 2.10 bits per heavy atom. The van der Waals surface area contributed by atoms with E-state index in [0.29, 0.717) is 46.9 Å². The molecule has 9 nitrogen and oxygen atoms in total. The van der Waals surface area contributed by atoms with Gasteiger partial charge in [0.1, 0.15) is 5.52 Å². The first-order valence-electron chi connectivity index (χ1n) is 10.4. The Labute approximate surface area is 178 Å². The number of fused-ring (bicyclic) bond motifs is 2. The summed E-state index contributed by atoms with van der Waals surface area (Å²) < 4.78 is 5.68. The first kappa shape index (κ1) is 18.1. The van der Waals surface area contributed by atoms with Crippen molar-refractivity contribution in [2.24, 2.45) is 11.8 Å². The fraction of sp³-hybridized carbons (Fsp3) is 0.318. The monoisotopic (exact) mass is 415 g/mol. The van der Waals surface area contributed by atoms with E-state index >= 15 is 0 Å². The number of benzene rings is 1. The van der Waals surface area contributed by atoms with Gasteiger partial charge in [-0.25, -0.2) is 4.98 Å². The van der Waals surface area contributed by atoms with Crippen molar-refractivity contribution in [1.82, 2.24) is 29.9 Å². The molecule has 0 spiro atoms. The van der Waals surface area contributed by atoms with E-state index in [1.165, 1.54) is 4.80 Å². The van der Waals surface area contributed by atoms with E-state index in [-0.39, 0.29) is 11.9 Å². The number of aromatic nitrogens is 5. The van der Waals surface area contributed by atoms with Crippen molar-refractivity contribution in [3.8, 4) is 5.69 Å². The molecule has 1 aromatic carbocycles. The largest absolute Gasteiger partial charge is 0.404 e. The van der Waals surface area contributed by atoms with Gasteiger partial charge in [0.05, 0.1) is 29.7 Å². The number of likely N-dealkylation sites (tertiary alicyclic amines) is 1. The fourth-order valence-electron chi connectivity index (χ4n) is 4.59. The van der Waals surface area contributed by atoms with Gasteiger partial charge in [-0.2, -0.15) is 20.0 Å². The number of hydrogen-bond donors (Lipinski definition) is 1. The zero-order chi connectivity index (χ0) is 20.9. The van der Waals surface area contributed by atoms with Gasteiger partial charge in [-0.05, 0) is 49.4 Å². The molecule has 1 amide bonds. The lowest BCUT2D eigenvalue weighted by molar-refractivity contribution is 0.0714. The van der Waals surface area contributed by atoms with Crippen LogP contribution in [0.4, 0.5) is 6.01 Å². The molecule has 2 aliphatic rings. The van der Waals surface area contributed by atoms with Crippen LogP contribution in [-0.4, -0.2) is 54.9 Å². The lowest BCUT2D eigenvalue weighted by Gasteiger charge is -2.28. The quantitative estimate of drug-likeness (QED) is 0.535. The number of nitrogens with one attached hydrogen (secondary N) is 1. The molecule has 1 unspecified atom stereocenters. The molecular formula is C22H21N7O2. The maximum atomic E-state index is 13.6. The molecule has 1 N–H and O–H groups in total. The van der Waals surface area contributed by atoms with E-state index in [1.807, 2.05) is 42.2 Å². The van der Waals surface area contributed by atoms with Gasteiger partial charge in [0.15, 0.2) is 0 Å². The zero-order valence-electron chi connectivity index (χ0n) is 17.0. The van der Waals surface area contributed by atoms with E-state index in [1.54, 1.807) is 18.6 Å². The summed E-state index contributed by atoms with van der Waals surface area (Å²) >= 11 is 0. The molecule has 4 heterocycles. The van der Waals surface area contributed by atoms with Crippen molar-refractivity contribution in [3.05, 3.63) is 60.0 Å². The first-order chi connectivity index (χ1) is 15.2. The maximum absolute atomic E-state index is 13.6. The first-order valence-corrected chi connectivity index (χ1v) is 10.4. The van der Waals surface area contributed by atoms with Gasteiger partial charge in [0, 0.05) is 19.3 Å². The molecule has 1 saturated carbocycles. The molecule has 9 heteroatoms. The topological polar surface area (TPSA) is 102 Å². The number of carbonyl (C=O) groups excluding carboxylic acids is 1. The second-order valence-corrected chi connectivity index (χ2v) is 8.25. The summed E-state index contributed by atoms with van der Waals surface area (Å²) in [5, 5.41) is 11.7. The fourth-order valence-corrected chi connectivity index (χ4v) is 4.59. The van der Waals surface area contributed by atoms with Crippen LogP contribution in [0.2, 0.25) is 0 Å². The summed E-state index contributed by atoms with van der Waals surface area (Å²) in [6.07, 6.45) is 6.06. The third-order valence-electron chi connectivity index (χ3n) is 6.21. The van der Waals surface area contributed by atoms with Gasteiger partial charge in [-0.1, -0.05) is 11.6 Å². The summed E-state index contributed by atoms with van der Waals surface area (Å²) in [5.74, 6) is 1.08. The number of piperidine rings is 1. The minimum absolute atomic E-state index is 0.00855. The predicted molar refractivity (Wildman–Crippen MR) is 113 cm³/mol. The highest BCUT2D eigenvalue weighted by atomic mass is 16.4. The number of nitrogens with zero attached hydrogens (tertiary/aromatic N) is 6. The molecule has 31 heavy (non-hydrogen) atoms. The van der Waals surface area contributed by atoms with E-state index in [0.717, 1.165) is 18.5 Å². The Morgan fingerprint density at radius 3 is 2.94 bits per heavy atom. The summed E-state index contributed by atoms with van der Waals surface area (Å²) in [6, 6.07) is 10.00. The second kappa shape index (κ2) is 6.90. The van der Waals surface area contributed by atoms with Crippen LogP contribution in [0.5, 0.6) is 0 Å². The van der Waals surface area contributed by atoms with Crippen molar-refractivity contribution in [2.75, 3.05) is 18.4 Å². The molecule has 3 atom stereocenters. The third-order valence-corrected chi connectivity index (χ3v) is 6.21.